The average Bonchev–Trinajstić information content (AvgIpc) is 3.48. The summed E-state index contributed by atoms with van der Waals surface area (Å²) in [7, 11) is 0. The summed E-state index contributed by atoms with van der Waals surface area (Å²) in [6, 6.07) is 8.62. The van der Waals surface area contributed by atoms with Crippen LogP contribution in [0.15, 0.2) is 41.3 Å². The molecule has 0 unspecified atom stereocenters. The molecule has 1 amide bonds. The molecule has 8 heteroatoms. The van der Waals surface area contributed by atoms with Crippen molar-refractivity contribution in [3.63, 3.8) is 0 Å². The van der Waals surface area contributed by atoms with Crippen LogP contribution in [0.25, 0.3) is 5.76 Å². The molecule has 35 heavy (non-hydrogen) atoms. The third-order valence-corrected chi connectivity index (χ3v) is 7.46. The summed E-state index contributed by atoms with van der Waals surface area (Å²) < 4.78 is 11.2. The van der Waals surface area contributed by atoms with E-state index in [1.807, 2.05) is 36.6 Å². The van der Waals surface area contributed by atoms with Gasteiger partial charge in [0, 0.05) is 36.6 Å². The van der Waals surface area contributed by atoms with E-state index in [4.69, 9.17) is 9.47 Å². The lowest BCUT2D eigenvalue weighted by Crippen LogP contribution is -2.38. The number of rotatable bonds is 10. The van der Waals surface area contributed by atoms with E-state index < -0.39 is 17.7 Å². The highest BCUT2D eigenvalue weighted by Crippen LogP contribution is 2.41. The lowest BCUT2D eigenvalue weighted by molar-refractivity contribution is -0.140. The predicted molar refractivity (Wildman–Crippen MR) is 137 cm³/mol. The summed E-state index contributed by atoms with van der Waals surface area (Å²) in [4.78, 5) is 31.1. The van der Waals surface area contributed by atoms with Gasteiger partial charge in [0.15, 0.2) is 0 Å². The van der Waals surface area contributed by atoms with E-state index >= 15 is 0 Å². The number of carbonyl (C=O) groups excluding carboxylic acids is 2. The summed E-state index contributed by atoms with van der Waals surface area (Å²) in [6.07, 6.45) is 2.77. The fourth-order valence-corrected chi connectivity index (χ4v) is 5.43. The van der Waals surface area contributed by atoms with Gasteiger partial charge in [0.25, 0.3) is 11.7 Å². The minimum absolute atomic E-state index is 0.138. The number of aliphatic hydroxyl groups is 1. The first-order valence-electron chi connectivity index (χ1n) is 12.4. The molecule has 1 aromatic heterocycles. The molecular weight excluding hydrogens is 464 g/mol. The summed E-state index contributed by atoms with van der Waals surface area (Å²) in [5, 5.41) is 13.2. The van der Waals surface area contributed by atoms with Crippen molar-refractivity contribution in [3.05, 3.63) is 57.3 Å². The van der Waals surface area contributed by atoms with Gasteiger partial charge in [-0.3, -0.25) is 14.5 Å². The highest BCUT2D eigenvalue weighted by molar-refractivity contribution is 7.10. The highest BCUT2D eigenvalue weighted by Gasteiger charge is 2.46. The number of hydrogen-bond acceptors (Lipinski definition) is 7. The van der Waals surface area contributed by atoms with Crippen LogP contribution < -0.4 is 4.74 Å². The van der Waals surface area contributed by atoms with E-state index in [1.54, 1.807) is 11.0 Å². The Balaban J connectivity index is 1.59. The summed E-state index contributed by atoms with van der Waals surface area (Å²) in [5.41, 5.74) is 1.54. The Labute approximate surface area is 210 Å². The Kier molecular flexibility index (Phi) is 8.59. The molecule has 7 nitrogen and oxygen atoms in total. The highest BCUT2D eigenvalue weighted by atomic mass is 32.1. The van der Waals surface area contributed by atoms with Crippen molar-refractivity contribution in [3.8, 4) is 5.75 Å². The molecule has 2 fully saturated rings. The molecule has 0 aliphatic carbocycles. The van der Waals surface area contributed by atoms with Gasteiger partial charge in [-0.25, -0.2) is 0 Å². The molecule has 2 aliphatic rings. The fraction of sp³-hybridized carbons (Fsp3) is 0.481. The number of ether oxygens (including phenoxy) is 2. The second-order valence-electron chi connectivity index (χ2n) is 9.00. The zero-order chi connectivity index (χ0) is 24.8. The number of carbonyl (C=O) groups is 2. The SMILES string of the molecule is CCCCOc1ccc(C(O)=C2C(=O)C(=O)N(CCCN3CCOCC3)[C@@H]2c2cccs2)cc1C. The molecule has 2 aromatic rings. The van der Waals surface area contributed by atoms with Crippen LogP contribution >= 0.6 is 11.3 Å². The van der Waals surface area contributed by atoms with Gasteiger partial charge in [-0.2, -0.15) is 0 Å². The predicted octanol–water partition coefficient (Wildman–Crippen LogP) is 4.38. The van der Waals surface area contributed by atoms with Gasteiger partial charge in [-0.05, 0) is 55.0 Å². The van der Waals surface area contributed by atoms with Crippen molar-refractivity contribution in [2.24, 2.45) is 0 Å². The van der Waals surface area contributed by atoms with Crippen LogP contribution in [0.5, 0.6) is 5.75 Å². The van der Waals surface area contributed by atoms with Crippen LogP contribution in [0.1, 0.15) is 48.2 Å². The smallest absolute Gasteiger partial charge is 0.295 e. The van der Waals surface area contributed by atoms with E-state index in [0.717, 1.165) is 68.3 Å². The Bertz CT molecular complexity index is 1060. The van der Waals surface area contributed by atoms with Gasteiger partial charge in [-0.1, -0.05) is 19.4 Å². The normalized spacial score (nSPS) is 20.5. The Morgan fingerprint density at radius 3 is 2.66 bits per heavy atom. The van der Waals surface area contributed by atoms with Crippen molar-refractivity contribution in [1.82, 2.24) is 9.80 Å². The van der Waals surface area contributed by atoms with E-state index in [2.05, 4.69) is 11.8 Å². The topological polar surface area (TPSA) is 79.3 Å². The number of likely N-dealkylation sites (tertiary alicyclic amines) is 1. The van der Waals surface area contributed by atoms with Gasteiger partial charge in [0.1, 0.15) is 11.5 Å². The van der Waals surface area contributed by atoms with Crippen LogP contribution in [-0.4, -0.2) is 72.6 Å². The largest absolute Gasteiger partial charge is 0.507 e. The van der Waals surface area contributed by atoms with Gasteiger partial charge < -0.3 is 19.5 Å². The van der Waals surface area contributed by atoms with Crippen molar-refractivity contribution >= 4 is 28.8 Å². The quantitative estimate of drug-likeness (QED) is 0.227. The lowest BCUT2D eigenvalue weighted by atomic mass is 9.98. The molecule has 0 spiro atoms. The first-order valence-corrected chi connectivity index (χ1v) is 13.2. The molecule has 0 bridgehead atoms. The van der Waals surface area contributed by atoms with Crippen LogP contribution in [0.4, 0.5) is 0 Å². The van der Waals surface area contributed by atoms with E-state index in [1.165, 1.54) is 11.3 Å². The second kappa shape index (κ2) is 11.8. The molecule has 3 heterocycles. The first kappa shape index (κ1) is 25.4. The average molecular weight is 499 g/mol. The maximum atomic E-state index is 13.2. The van der Waals surface area contributed by atoms with Crippen molar-refractivity contribution < 1.29 is 24.2 Å². The lowest BCUT2D eigenvalue weighted by Gasteiger charge is -2.28. The molecular formula is C27H34N2O5S. The standard InChI is InChI=1S/C27H34N2O5S/c1-3-4-14-34-21-9-8-20(18-19(21)2)25(30)23-24(22-7-5-17-35-22)29(27(32)26(23)31)11-6-10-28-12-15-33-16-13-28/h5,7-9,17-18,24,30H,3-4,6,10-16H2,1-2H3/t24-/m1/s1. The first-order chi connectivity index (χ1) is 17.0. The summed E-state index contributed by atoms with van der Waals surface area (Å²) in [6.45, 7) is 9.15. The molecule has 2 saturated heterocycles. The van der Waals surface area contributed by atoms with Crippen molar-refractivity contribution in [1.29, 1.82) is 0 Å². The molecule has 4 rings (SSSR count). The number of nitrogens with zero attached hydrogens (tertiary/aromatic N) is 2. The summed E-state index contributed by atoms with van der Waals surface area (Å²) >= 11 is 1.48. The van der Waals surface area contributed by atoms with Crippen LogP contribution in [0.3, 0.4) is 0 Å². The Morgan fingerprint density at radius 2 is 1.97 bits per heavy atom. The van der Waals surface area contributed by atoms with Crippen LogP contribution in [-0.2, 0) is 14.3 Å². The van der Waals surface area contributed by atoms with Gasteiger partial charge in [-0.15, -0.1) is 11.3 Å². The molecule has 1 atom stereocenters. The molecule has 1 aromatic carbocycles. The zero-order valence-electron chi connectivity index (χ0n) is 20.5. The third kappa shape index (κ3) is 5.77. The number of unbranched alkanes of at least 4 members (excludes halogenated alkanes) is 1. The number of benzene rings is 1. The minimum atomic E-state index is -0.631. The molecule has 1 N–H and O–H groups in total. The van der Waals surface area contributed by atoms with E-state index in [9.17, 15) is 14.7 Å². The van der Waals surface area contributed by atoms with Gasteiger partial charge >= 0.3 is 0 Å². The van der Waals surface area contributed by atoms with Crippen molar-refractivity contribution in [2.75, 3.05) is 46.0 Å². The van der Waals surface area contributed by atoms with Crippen LogP contribution in [0.2, 0.25) is 0 Å². The molecule has 0 saturated carbocycles. The molecule has 2 aliphatic heterocycles. The number of thiophene rings is 1. The number of aryl methyl sites for hydroxylation is 1. The minimum Gasteiger partial charge on any atom is -0.507 e. The number of aliphatic hydroxyl groups excluding tert-OH is 1. The second-order valence-corrected chi connectivity index (χ2v) is 9.98. The zero-order valence-corrected chi connectivity index (χ0v) is 21.3. The fourth-order valence-electron chi connectivity index (χ4n) is 4.58. The number of hydrogen-bond donors (Lipinski definition) is 1. The van der Waals surface area contributed by atoms with Gasteiger partial charge in [0.2, 0.25) is 0 Å². The summed E-state index contributed by atoms with van der Waals surface area (Å²) in [5.74, 6) is -0.564. The third-order valence-electron chi connectivity index (χ3n) is 6.53. The Morgan fingerprint density at radius 1 is 1.17 bits per heavy atom. The number of morpholine rings is 1. The van der Waals surface area contributed by atoms with Crippen LogP contribution in [0, 0.1) is 6.92 Å². The number of Topliss-reactive ketones (excluding diaryl/α,β-unsaturated/α-hetero) is 1. The van der Waals surface area contributed by atoms with Gasteiger partial charge in [0.05, 0.1) is 31.4 Å². The molecule has 0 radical (unpaired) electrons. The maximum absolute atomic E-state index is 13.2. The maximum Gasteiger partial charge on any atom is 0.295 e. The number of ketones is 1. The van der Waals surface area contributed by atoms with Crippen molar-refractivity contribution in [2.45, 2.75) is 39.2 Å². The monoisotopic (exact) mass is 498 g/mol. The Hall–Kier alpha value is -2.68. The van der Waals surface area contributed by atoms with E-state index in [0.29, 0.717) is 18.7 Å². The molecule has 188 valence electrons. The number of amides is 1. The van der Waals surface area contributed by atoms with E-state index in [-0.39, 0.29) is 11.3 Å².